The fourth-order valence-electron chi connectivity index (χ4n) is 3.34. The number of aromatic carboxylic acids is 1. The normalized spacial score (nSPS) is 13.2. The van der Waals surface area contributed by atoms with E-state index in [4.69, 9.17) is 20.0 Å². The van der Waals surface area contributed by atoms with Gasteiger partial charge in [-0.25, -0.2) is 14.8 Å². The number of benzene rings is 1. The van der Waals surface area contributed by atoms with Crippen LogP contribution >= 0.6 is 24.8 Å². The highest BCUT2D eigenvalue weighted by Gasteiger charge is 2.24. The third kappa shape index (κ3) is 7.76. The van der Waals surface area contributed by atoms with Crippen molar-refractivity contribution >= 4 is 36.7 Å². The van der Waals surface area contributed by atoms with Gasteiger partial charge in [-0.15, -0.1) is 24.8 Å². The molecule has 4 rings (SSSR count). The molecule has 38 heavy (non-hydrogen) atoms. The fraction of sp³-hybridized carbons (Fsp3) is 0.333. The molecule has 4 N–H and O–H groups in total. The molecular weight excluding hydrogens is 549 g/mol. The molecule has 1 saturated carbocycles. The number of carbonyl (C=O) groups excluding carboxylic acids is 1. The average Bonchev–Trinajstić information content (AvgIpc) is 3.58. The summed E-state index contributed by atoms with van der Waals surface area (Å²) in [5.74, 6) is -0.974. The number of ether oxygens (including phenoxy) is 2. The molecule has 2 aromatic heterocycles. The van der Waals surface area contributed by atoms with Crippen molar-refractivity contribution in [3.8, 4) is 23.0 Å². The van der Waals surface area contributed by atoms with Crippen LogP contribution in [-0.4, -0.2) is 40.2 Å². The van der Waals surface area contributed by atoms with Crippen LogP contribution in [0.1, 0.15) is 58.2 Å². The number of alkyl halides is 2. The van der Waals surface area contributed by atoms with Gasteiger partial charge in [-0.05, 0) is 56.0 Å². The van der Waals surface area contributed by atoms with Crippen LogP contribution in [0.2, 0.25) is 0 Å². The smallest absolute Gasteiger partial charge is 0.387 e. The van der Waals surface area contributed by atoms with E-state index in [1.54, 1.807) is 6.92 Å². The first-order valence-corrected chi connectivity index (χ1v) is 11.2. The maximum Gasteiger partial charge on any atom is 0.387 e. The molecule has 1 aliphatic rings. The van der Waals surface area contributed by atoms with Crippen molar-refractivity contribution in [3.05, 3.63) is 59.2 Å². The van der Waals surface area contributed by atoms with E-state index in [-0.39, 0.29) is 60.1 Å². The fourth-order valence-corrected chi connectivity index (χ4v) is 3.34. The van der Waals surface area contributed by atoms with Crippen molar-refractivity contribution in [2.45, 2.75) is 39.0 Å². The van der Waals surface area contributed by atoms with E-state index in [1.165, 1.54) is 36.4 Å². The Morgan fingerprint density at radius 1 is 1.16 bits per heavy atom. The molecule has 1 aliphatic carbocycles. The number of oxazole rings is 1. The molecule has 14 heteroatoms. The van der Waals surface area contributed by atoms with Crippen LogP contribution in [0.15, 0.2) is 40.8 Å². The van der Waals surface area contributed by atoms with Gasteiger partial charge in [0.05, 0.1) is 19.2 Å². The predicted molar refractivity (Wildman–Crippen MR) is 136 cm³/mol. The second kappa shape index (κ2) is 13.4. The highest BCUT2D eigenvalue weighted by molar-refractivity contribution is 5.94. The topological polar surface area (TPSA) is 150 Å². The largest absolute Gasteiger partial charge is 0.489 e. The molecule has 0 saturated heterocycles. The number of carboxylic acid groups (broad SMARTS) is 1. The molecular formula is C24H26Cl2F2N4O6. The second-order valence-corrected chi connectivity index (χ2v) is 8.31. The molecule has 10 nitrogen and oxygen atoms in total. The van der Waals surface area contributed by atoms with E-state index in [1.807, 2.05) is 0 Å². The van der Waals surface area contributed by atoms with Gasteiger partial charge in [0.15, 0.2) is 11.5 Å². The molecule has 0 bridgehead atoms. The van der Waals surface area contributed by atoms with E-state index in [0.29, 0.717) is 29.5 Å². The molecule has 2 heterocycles. The first kappa shape index (κ1) is 30.7. The number of carbonyl (C=O) groups is 2. The number of hydrogen-bond donors (Lipinski definition) is 3. The molecule has 1 amide bonds. The third-order valence-corrected chi connectivity index (χ3v) is 5.34. The molecule has 0 radical (unpaired) electrons. The highest BCUT2D eigenvalue weighted by atomic mass is 35.5. The zero-order chi connectivity index (χ0) is 25.8. The summed E-state index contributed by atoms with van der Waals surface area (Å²) in [5, 5.41) is 11.7. The Morgan fingerprint density at radius 2 is 1.87 bits per heavy atom. The lowest BCUT2D eigenvalue weighted by molar-refractivity contribution is -0.0515. The molecule has 0 spiro atoms. The molecule has 1 atom stereocenters. The number of nitrogens with one attached hydrogen (secondary N) is 1. The number of rotatable bonds is 11. The number of carboxylic acids is 1. The summed E-state index contributed by atoms with van der Waals surface area (Å²) >= 11 is 0. The first-order valence-electron chi connectivity index (χ1n) is 11.2. The first-order chi connectivity index (χ1) is 17.2. The quantitative estimate of drug-likeness (QED) is 0.298. The summed E-state index contributed by atoms with van der Waals surface area (Å²) in [6.07, 6.45) is 2.04. The van der Waals surface area contributed by atoms with Gasteiger partial charge < -0.3 is 30.0 Å². The lowest BCUT2D eigenvalue weighted by Crippen LogP contribution is -2.25. The van der Waals surface area contributed by atoms with E-state index in [0.717, 1.165) is 12.8 Å². The third-order valence-electron chi connectivity index (χ3n) is 5.34. The van der Waals surface area contributed by atoms with Gasteiger partial charge in [-0.2, -0.15) is 8.78 Å². The Morgan fingerprint density at radius 3 is 2.50 bits per heavy atom. The van der Waals surface area contributed by atoms with E-state index < -0.39 is 24.5 Å². The average molecular weight is 575 g/mol. The molecule has 3 aromatic rings. The minimum atomic E-state index is -3.01. The van der Waals surface area contributed by atoms with Gasteiger partial charge in [0.1, 0.15) is 22.8 Å². The molecule has 1 aromatic carbocycles. The Bertz CT molecular complexity index is 1270. The maximum atomic E-state index is 12.8. The van der Waals surface area contributed by atoms with Crippen LogP contribution in [0, 0.1) is 5.92 Å². The van der Waals surface area contributed by atoms with Gasteiger partial charge in [-0.1, -0.05) is 6.07 Å². The Hall–Kier alpha value is -3.48. The minimum Gasteiger partial charge on any atom is -0.489 e. The maximum absolute atomic E-state index is 12.8. The summed E-state index contributed by atoms with van der Waals surface area (Å²) in [6, 6.07) is 7.85. The van der Waals surface area contributed by atoms with Gasteiger partial charge in [0, 0.05) is 5.56 Å². The lowest BCUT2D eigenvalue weighted by Gasteiger charge is -2.12. The van der Waals surface area contributed by atoms with Crippen molar-refractivity contribution in [3.63, 3.8) is 0 Å². The van der Waals surface area contributed by atoms with Crippen LogP contribution in [0.4, 0.5) is 8.78 Å². The van der Waals surface area contributed by atoms with Crippen LogP contribution in [0.5, 0.6) is 11.5 Å². The van der Waals surface area contributed by atoms with Crippen molar-refractivity contribution in [2.24, 2.45) is 11.7 Å². The Labute approximate surface area is 228 Å². The summed E-state index contributed by atoms with van der Waals surface area (Å²) in [5.41, 5.74) is 6.47. The molecule has 1 unspecified atom stereocenters. The minimum absolute atomic E-state index is 0. The molecule has 0 aliphatic heterocycles. The zero-order valence-corrected chi connectivity index (χ0v) is 21.7. The number of nitrogens with two attached hydrogens (primary N) is 1. The summed E-state index contributed by atoms with van der Waals surface area (Å²) in [7, 11) is 0. The molecule has 1 fully saturated rings. The Kier molecular flexibility index (Phi) is 10.8. The predicted octanol–water partition coefficient (Wildman–Crippen LogP) is 4.62. The zero-order valence-electron chi connectivity index (χ0n) is 20.1. The standard InChI is InChI=1S/C24H24F2N4O6.2ClH/c1-12(27)20-17(10-28-21(31)15-3-2-4-16(29-15)23(32)33)30-22(36-20)14-7-8-18(35-24(25)26)19(9-14)34-11-13-5-6-13;;/h2-4,7-9,12-13,24H,5-6,10-11,27H2,1H3,(H,28,31)(H,32,33);2*1H. The van der Waals surface area contributed by atoms with Crippen LogP contribution in [0.3, 0.4) is 0 Å². The van der Waals surface area contributed by atoms with Gasteiger partial charge >= 0.3 is 12.6 Å². The summed E-state index contributed by atoms with van der Waals surface area (Å²) in [4.78, 5) is 31.8. The number of hydrogen-bond acceptors (Lipinski definition) is 8. The molecule has 206 valence electrons. The Balaban J connectivity index is 0.00000253. The second-order valence-electron chi connectivity index (χ2n) is 8.31. The van der Waals surface area contributed by atoms with Gasteiger partial charge in [0.2, 0.25) is 5.89 Å². The number of pyridine rings is 1. The van der Waals surface area contributed by atoms with Crippen LogP contribution in [0.25, 0.3) is 11.5 Å². The highest BCUT2D eigenvalue weighted by Crippen LogP contribution is 2.37. The van der Waals surface area contributed by atoms with Gasteiger partial charge in [-0.3, -0.25) is 4.79 Å². The monoisotopic (exact) mass is 574 g/mol. The van der Waals surface area contributed by atoms with Crippen molar-refractivity contribution in [2.75, 3.05) is 6.61 Å². The number of nitrogens with zero attached hydrogens (tertiary/aromatic N) is 2. The lowest BCUT2D eigenvalue weighted by atomic mass is 10.2. The summed E-state index contributed by atoms with van der Waals surface area (Å²) in [6.45, 7) is -1.02. The van der Waals surface area contributed by atoms with E-state index in [2.05, 4.69) is 20.0 Å². The van der Waals surface area contributed by atoms with E-state index in [9.17, 15) is 18.4 Å². The van der Waals surface area contributed by atoms with Crippen LogP contribution < -0.4 is 20.5 Å². The van der Waals surface area contributed by atoms with Crippen molar-refractivity contribution < 1.29 is 37.4 Å². The van der Waals surface area contributed by atoms with E-state index >= 15 is 0 Å². The number of amides is 1. The number of halogens is 4. The van der Waals surface area contributed by atoms with Gasteiger partial charge in [0.25, 0.3) is 5.91 Å². The number of aromatic nitrogens is 2. The summed E-state index contributed by atoms with van der Waals surface area (Å²) < 4.78 is 41.8. The van der Waals surface area contributed by atoms with Crippen molar-refractivity contribution in [1.82, 2.24) is 15.3 Å². The van der Waals surface area contributed by atoms with Crippen LogP contribution in [-0.2, 0) is 6.54 Å². The SMILES string of the molecule is CC(N)c1oc(-c2ccc(OC(F)F)c(OCC3CC3)c2)nc1CNC(=O)c1cccc(C(=O)O)n1.Cl.Cl. The van der Waals surface area contributed by atoms with Crippen molar-refractivity contribution in [1.29, 1.82) is 0 Å².